The van der Waals surface area contributed by atoms with Crippen molar-refractivity contribution in [3.63, 3.8) is 0 Å². The smallest absolute Gasteiger partial charge is 0.259 e. The predicted molar refractivity (Wildman–Crippen MR) is 81.7 cm³/mol. The van der Waals surface area contributed by atoms with E-state index in [-0.39, 0.29) is 11.6 Å². The summed E-state index contributed by atoms with van der Waals surface area (Å²) in [6.07, 6.45) is 4.02. The van der Waals surface area contributed by atoms with E-state index in [1.165, 1.54) is 25.0 Å². The molecule has 0 radical (unpaired) electrons. The Morgan fingerprint density at radius 1 is 1.48 bits per heavy atom. The Hall–Kier alpha value is -1.69. The minimum Gasteiger partial charge on any atom is -0.307 e. The molecule has 2 aromatic rings. The molecule has 1 saturated carbocycles. The van der Waals surface area contributed by atoms with Crippen LogP contribution < -0.4 is 5.32 Å². The highest BCUT2D eigenvalue weighted by atomic mass is 79.9. The van der Waals surface area contributed by atoms with Crippen molar-refractivity contribution < 1.29 is 9.18 Å². The van der Waals surface area contributed by atoms with Crippen molar-refractivity contribution >= 4 is 27.7 Å². The molecule has 0 aliphatic heterocycles. The average molecular weight is 352 g/mol. The molecule has 1 fully saturated rings. The number of aromatic nitrogens is 2. The van der Waals surface area contributed by atoms with Crippen LogP contribution in [0.5, 0.6) is 0 Å². The standard InChI is InChI=1S/C15H15BrFN3O/c1-9(10-2-3-10)20-14(6-7-18-20)19-15(21)12-8-11(16)4-5-13(12)17/h4-10H,2-3H2,1H3,(H,19,21). The maximum absolute atomic E-state index is 13.7. The number of hydrogen-bond acceptors (Lipinski definition) is 2. The van der Waals surface area contributed by atoms with Gasteiger partial charge in [0.1, 0.15) is 11.6 Å². The zero-order valence-electron chi connectivity index (χ0n) is 11.5. The number of halogens is 2. The van der Waals surface area contributed by atoms with Crippen LogP contribution >= 0.6 is 15.9 Å². The zero-order chi connectivity index (χ0) is 15.0. The van der Waals surface area contributed by atoms with E-state index in [9.17, 15) is 9.18 Å². The molecule has 1 N–H and O–H groups in total. The van der Waals surface area contributed by atoms with Crippen LogP contribution in [0, 0.1) is 11.7 Å². The van der Waals surface area contributed by atoms with Crippen LogP contribution in [-0.4, -0.2) is 15.7 Å². The van der Waals surface area contributed by atoms with Gasteiger partial charge in [0.15, 0.2) is 0 Å². The van der Waals surface area contributed by atoms with Gasteiger partial charge in [-0.05, 0) is 43.9 Å². The number of carbonyl (C=O) groups is 1. The van der Waals surface area contributed by atoms with Gasteiger partial charge in [-0.25, -0.2) is 9.07 Å². The van der Waals surface area contributed by atoms with E-state index in [0.29, 0.717) is 16.2 Å². The number of carbonyl (C=O) groups excluding carboxylic acids is 1. The third-order valence-corrected chi connectivity index (χ3v) is 4.27. The maximum Gasteiger partial charge on any atom is 0.259 e. The van der Waals surface area contributed by atoms with Crippen molar-refractivity contribution in [3.05, 3.63) is 46.3 Å². The summed E-state index contributed by atoms with van der Waals surface area (Å²) < 4.78 is 16.2. The topological polar surface area (TPSA) is 46.9 Å². The van der Waals surface area contributed by atoms with Crippen molar-refractivity contribution in [2.45, 2.75) is 25.8 Å². The van der Waals surface area contributed by atoms with Crippen LogP contribution in [0.15, 0.2) is 34.9 Å². The molecule has 1 aliphatic carbocycles. The molecule has 1 atom stereocenters. The number of rotatable bonds is 4. The van der Waals surface area contributed by atoms with E-state index in [0.717, 1.165) is 0 Å². The van der Waals surface area contributed by atoms with Gasteiger partial charge >= 0.3 is 0 Å². The fraction of sp³-hybridized carbons (Fsp3) is 0.333. The first-order valence-corrected chi connectivity index (χ1v) is 7.65. The van der Waals surface area contributed by atoms with Crippen LogP contribution in [0.1, 0.15) is 36.2 Å². The fourth-order valence-electron chi connectivity index (χ4n) is 2.37. The van der Waals surface area contributed by atoms with Crippen LogP contribution in [0.3, 0.4) is 0 Å². The van der Waals surface area contributed by atoms with E-state index in [2.05, 4.69) is 33.3 Å². The summed E-state index contributed by atoms with van der Waals surface area (Å²) in [5.74, 6) is 0.192. The third-order valence-electron chi connectivity index (χ3n) is 3.77. The zero-order valence-corrected chi connectivity index (χ0v) is 13.1. The molecule has 4 nitrogen and oxygen atoms in total. The lowest BCUT2D eigenvalue weighted by atomic mass is 10.2. The second-order valence-corrected chi connectivity index (χ2v) is 6.23. The Labute approximate surface area is 130 Å². The maximum atomic E-state index is 13.7. The van der Waals surface area contributed by atoms with Crippen LogP contribution in [0.2, 0.25) is 0 Å². The minimum absolute atomic E-state index is 0.0104. The Balaban J connectivity index is 1.82. The fourth-order valence-corrected chi connectivity index (χ4v) is 2.73. The van der Waals surface area contributed by atoms with Gasteiger partial charge in [-0.3, -0.25) is 4.79 Å². The largest absolute Gasteiger partial charge is 0.307 e. The Morgan fingerprint density at radius 3 is 2.95 bits per heavy atom. The molecule has 0 bridgehead atoms. The van der Waals surface area contributed by atoms with Gasteiger partial charge in [0.05, 0.1) is 17.8 Å². The van der Waals surface area contributed by atoms with Crippen molar-refractivity contribution in [2.24, 2.45) is 5.92 Å². The van der Waals surface area contributed by atoms with Gasteiger partial charge in [-0.2, -0.15) is 5.10 Å². The summed E-state index contributed by atoms with van der Waals surface area (Å²) in [6, 6.07) is 6.26. The molecular weight excluding hydrogens is 337 g/mol. The number of benzene rings is 1. The Morgan fingerprint density at radius 2 is 2.24 bits per heavy atom. The quantitative estimate of drug-likeness (QED) is 0.904. The third kappa shape index (κ3) is 3.00. The molecule has 0 saturated heterocycles. The molecule has 1 unspecified atom stereocenters. The molecule has 3 rings (SSSR count). The Bertz CT molecular complexity index is 681. The number of nitrogens with one attached hydrogen (secondary N) is 1. The summed E-state index contributed by atoms with van der Waals surface area (Å²) in [5, 5.41) is 7.00. The summed E-state index contributed by atoms with van der Waals surface area (Å²) in [6.45, 7) is 2.08. The van der Waals surface area contributed by atoms with Gasteiger partial charge in [0.25, 0.3) is 5.91 Å². The number of hydrogen-bond donors (Lipinski definition) is 1. The van der Waals surface area contributed by atoms with E-state index in [1.54, 1.807) is 23.0 Å². The normalized spacial score (nSPS) is 15.8. The number of nitrogens with zero attached hydrogens (tertiary/aromatic N) is 2. The van der Waals surface area contributed by atoms with Crippen molar-refractivity contribution in [3.8, 4) is 0 Å². The highest BCUT2D eigenvalue weighted by Gasteiger charge is 2.30. The van der Waals surface area contributed by atoms with Crippen molar-refractivity contribution in [1.29, 1.82) is 0 Å². The number of amides is 1. The van der Waals surface area contributed by atoms with Crippen molar-refractivity contribution in [1.82, 2.24) is 9.78 Å². The van der Waals surface area contributed by atoms with E-state index in [1.807, 2.05) is 0 Å². The summed E-state index contributed by atoms with van der Waals surface area (Å²) in [4.78, 5) is 12.2. The Kier molecular flexibility index (Phi) is 3.80. The van der Waals surface area contributed by atoms with E-state index >= 15 is 0 Å². The monoisotopic (exact) mass is 351 g/mol. The van der Waals surface area contributed by atoms with E-state index < -0.39 is 11.7 Å². The molecule has 1 amide bonds. The van der Waals surface area contributed by atoms with Crippen molar-refractivity contribution in [2.75, 3.05) is 5.32 Å². The second-order valence-electron chi connectivity index (χ2n) is 5.32. The average Bonchev–Trinajstić information content (AvgIpc) is 3.21. The predicted octanol–water partition coefficient (Wildman–Crippen LogP) is 4.01. The van der Waals surface area contributed by atoms with Crippen LogP contribution in [0.4, 0.5) is 10.2 Å². The minimum atomic E-state index is -0.544. The molecule has 1 heterocycles. The molecule has 110 valence electrons. The van der Waals surface area contributed by atoms with Crippen LogP contribution in [-0.2, 0) is 0 Å². The second kappa shape index (κ2) is 5.60. The first-order chi connectivity index (χ1) is 10.1. The highest BCUT2D eigenvalue weighted by molar-refractivity contribution is 9.10. The molecular formula is C15H15BrFN3O. The molecule has 21 heavy (non-hydrogen) atoms. The van der Waals surface area contributed by atoms with E-state index in [4.69, 9.17) is 0 Å². The first-order valence-electron chi connectivity index (χ1n) is 6.86. The highest BCUT2D eigenvalue weighted by Crippen LogP contribution is 2.40. The molecule has 6 heteroatoms. The summed E-state index contributed by atoms with van der Waals surface area (Å²) >= 11 is 3.24. The SMILES string of the molecule is CC(C1CC1)n1nccc1NC(=O)c1cc(Br)ccc1F. The molecule has 1 aromatic heterocycles. The lowest BCUT2D eigenvalue weighted by molar-refractivity contribution is 0.102. The molecule has 0 spiro atoms. The molecule has 1 aromatic carbocycles. The summed E-state index contributed by atoms with van der Waals surface area (Å²) in [7, 11) is 0. The molecule has 1 aliphatic rings. The summed E-state index contributed by atoms with van der Waals surface area (Å²) in [5.41, 5.74) is 0.0104. The first kappa shape index (κ1) is 14.3. The van der Waals surface area contributed by atoms with Gasteiger partial charge in [-0.1, -0.05) is 15.9 Å². The number of anilines is 1. The lowest BCUT2D eigenvalue weighted by Crippen LogP contribution is -2.19. The van der Waals surface area contributed by atoms with Gasteiger partial charge < -0.3 is 5.32 Å². The lowest BCUT2D eigenvalue weighted by Gasteiger charge is -2.15. The van der Waals surface area contributed by atoms with Gasteiger partial charge in [0.2, 0.25) is 0 Å². The van der Waals surface area contributed by atoms with Gasteiger partial charge in [0, 0.05) is 10.5 Å². The van der Waals surface area contributed by atoms with Gasteiger partial charge in [-0.15, -0.1) is 0 Å². The van der Waals surface area contributed by atoms with Crippen LogP contribution in [0.25, 0.3) is 0 Å².